The Bertz CT molecular complexity index is 1110. The predicted octanol–water partition coefficient (Wildman–Crippen LogP) is 2.41. The molecular formula is C24H29N3O5S. The topological polar surface area (TPSA) is 96.0 Å². The van der Waals surface area contributed by atoms with Crippen molar-refractivity contribution in [3.63, 3.8) is 0 Å². The molecule has 9 heteroatoms. The van der Waals surface area contributed by atoms with Crippen LogP contribution in [0, 0.1) is 0 Å². The molecule has 0 bridgehead atoms. The predicted molar refractivity (Wildman–Crippen MR) is 126 cm³/mol. The lowest BCUT2D eigenvalue weighted by Crippen LogP contribution is -2.48. The molecule has 2 heterocycles. The molecule has 2 unspecified atom stereocenters. The number of anilines is 1. The fourth-order valence-electron chi connectivity index (χ4n) is 4.28. The van der Waals surface area contributed by atoms with Crippen molar-refractivity contribution in [3.05, 3.63) is 65.2 Å². The van der Waals surface area contributed by atoms with Gasteiger partial charge in [0.25, 0.3) is 11.8 Å². The summed E-state index contributed by atoms with van der Waals surface area (Å²) in [4.78, 5) is 27.1. The molecule has 2 aromatic carbocycles. The van der Waals surface area contributed by atoms with Crippen molar-refractivity contribution in [2.24, 2.45) is 0 Å². The van der Waals surface area contributed by atoms with Crippen LogP contribution in [0.3, 0.4) is 0 Å². The van der Waals surface area contributed by atoms with Crippen molar-refractivity contribution >= 4 is 27.5 Å². The molecule has 2 saturated heterocycles. The highest BCUT2D eigenvalue weighted by atomic mass is 32.2. The maximum Gasteiger partial charge on any atom is 0.254 e. The van der Waals surface area contributed by atoms with E-state index in [1.807, 2.05) is 30.9 Å². The highest BCUT2D eigenvalue weighted by Crippen LogP contribution is 2.24. The first-order valence-electron chi connectivity index (χ1n) is 11.2. The van der Waals surface area contributed by atoms with E-state index < -0.39 is 10.0 Å². The van der Waals surface area contributed by atoms with Gasteiger partial charge >= 0.3 is 0 Å². The summed E-state index contributed by atoms with van der Waals surface area (Å²) < 4.78 is 31.2. The number of ether oxygens (including phenoxy) is 1. The van der Waals surface area contributed by atoms with Crippen LogP contribution in [0.25, 0.3) is 0 Å². The number of hydrogen-bond acceptors (Lipinski definition) is 5. The van der Waals surface area contributed by atoms with Gasteiger partial charge in [0.1, 0.15) is 0 Å². The number of nitrogens with zero attached hydrogens (tertiary/aromatic N) is 2. The molecule has 0 spiro atoms. The molecule has 8 nitrogen and oxygen atoms in total. The number of sulfonamides is 1. The summed E-state index contributed by atoms with van der Waals surface area (Å²) in [6.45, 7) is 5.86. The van der Waals surface area contributed by atoms with Crippen LogP contribution in [0.2, 0.25) is 0 Å². The van der Waals surface area contributed by atoms with Gasteiger partial charge in [-0.1, -0.05) is 12.1 Å². The lowest BCUT2D eigenvalue weighted by Gasteiger charge is -2.35. The van der Waals surface area contributed by atoms with Gasteiger partial charge in [-0.25, -0.2) is 8.42 Å². The quantitative estimate of drug-likeness (QED) is 0.723. The first kappa shape index (κ1) is 23.3. The van der Waals surface area contributed by atoms with Gasteiger partial charge in [0.2, 0.25) is 10.0 Å². The van der Waals surface area contributed by atoms with Crippen LogP contribution in [-0.4, -0.2) is 62.7 Å². The third-order valence-corrected chi connectivity index (χ3v) is 7.75. The standard InChI is InChI=1S/C24H29N3O5S/c1-17-15-26(16-18(2)32-17)24(29)21-6-4-19(5-7-21)14-25-23(28)20-8-10-22(11-9-20)27-12-3-13-33(27,30)31/h4-11,17-18H,3,12-16H2,1-2H3,(H,25,28). The van der Waals surface area contributed by atoms with Crippen LogP contribution in [0.1, 0.15) is 46.5 Å². The molecule has 2 atom stereocenters. The fourth-order valence-corrected chi connectivity index (χ4v) is 5.85. The maximum atomic E-state index is 12.8. The Morgan fingerprint density at radius 2 is 1.58 bits per heavy atom. The Kier molecular flexibility index (Phi) is 6.71. The SMILES string of the molecule is CC1CN(C(=O)c2ccc(CNC(=O)c3ccc(N4CCCS4(=O)=O)cc3)cc2)CC(C)O1. The van der Waals surface area contributed by atoms with Crippen LogP contribution < -0.4 is 9.62 Å². The van der Waals surface area contributed by atoms with E-state index in [9.17, 15) is 18.0 Å². The minimum absolute atomic E-state index is 0.0148. The molecule has 33 heavy (non-hydrogen) atoms. The summed E-state index contributed by atoms with van der Waals surface area (Å²) in [7, 11) is -3.24. The Labute approximate surface area is 194 Å². The molecule has 176 valence electrons. The molecule has 2 aromatic rings. The van der Waals surface area contributed by atoms with Gasteiger partial charge in [-0.3, -0.25) is 13.9 Å². The van der Waals surface area contributed by atoms with Gasteiger partial charge in [0, 0.05) is 37.3 Å². The van der Waals surface area contributed by atoms with Crippen LogP contribution in [0.4, 0.5) is 5.69 Å². The number of morpholine rings is 1. The molecular weight excluding hydrogens is 442 g/mol. The maximum absolute atomic E-state index is 12.8. The second kappa shape index (κ2) is 9.52. The second-order valence-corrected chi connectivity index (χ2v) is 10.6. The smallest absolute Gasteiger partial charge is 0.254 e. The summed E-state index contributed by atoms with van der Waals surface area (Å²) >= 11 is 0. The lowest BCUT2D eigenvalue weighted by molar-refractivity contribution is -0.0586. The molecule has 0 aliphatic carbocycles. The summed E-state index contributed by atoms with van der Waals surface area (Å²) in [5.74, 6) is -0.111. The third kappa shape index (κ3) is 5.36. The average Bonchev–Trinajstić information content (AvgIpc) is 3.15. The fraction of sp³-hybridized carbons (Fsp3) is 0.417. The van der Waals surface area contributed by atoms with Gasteiger partial charge in [0.15, 0.2) is 0 Å². The molecule has 2 fully saturated rings. The molecule has 4 rings (SSSR count). The van der Waals surface area contributed by atoms with E-state index in [0.717, 1.165) is 5.56 Å². The number of carbonyl (C=O) groups is 2. The Hall–Kier alpha value is -2.91. The van der Waals surface area contributed by atoms with Gasteiger partial charge < -0.3 is 15.0 Å². The average molecular weight is 472 g/mol. The molecule has 0 saturated carbocycles. The van der Waals surface area contributed by atoms with E-state index in [1.165, 1.54) is 4.31 Å². The molecule has 2 aliphatic rings. The zero-order valence-electron chi connectivity index (χ0n) is 18.9. The van der Waals surface area contributed by atoms with Gasteiger partial charge in [0.05, 0.1) is 23.6 Å². The molecule has 1 N–H and O–H groups in total. The first-order valence-corrected chi connectivity index (χ1v) is 12.8. The number of nitrogens with one attached hydrogen (secondary N) is 1. The lowest BCUT2D eigenvalue weighted by atomic mass is 10.1. The summed E-state index contributed by atoms with van der Waals surface area (Å²) in [5.41, 5.74) is 2.52. The number of rotatable bonds is 5. The minimum Gasteiger partial charge on any atom is -0.372 e. The van der Waals surface area contributed by atoms with E-state index >= 15 is 0 Å². The van der Waals surface area contributed by atoms with E-state index in [0.29, 0.717) is 49.4 Å². The third-order valence-electron chi connectivity index (χ3n) is 5.88. The van der Waals surface area contributed by atoms with E-state index in [-0.39, 0.29) is 29.8 Å². The molecule has 2 aliphatic heterocycles. The number of amides is 2. The summed E-state index contributed by atoms with van der Waals surface area (Å²) in [5, 5.41) is 2.86. The van der Waals surface area contributed by atoms with Crippen molar-refractivity contribution in [3.8, 4) is 0 Å². The van der Waals surface area contributed by atoms with Crippen molar-refractivity contribution in [2.75, 3.05) is 29.7 Å². The zero-order chi connectivity index (χ0) is 23.6. The number of carbonyl (C=O) groups excluding carboxylic acids is 2. The van der Waals surface area contributed by atoms with E-state index in [1.54, 1.807) is 36.4 Å². The zero-order valence-corrected chi connectivity index (χ0v) is 19.7. The largest absolute Gasteiger partial charge is 0.372 e. The highest BCUT2D eigenvalue weighted by Gasteiger charge is 2.28. The Morgan fingerprint density at radius 3 is 2.15 bits per heavy atom. The van der Waals surface area contributed by atoms with Crippen LogP contribution in [0.15, 0.2) is 48.5 Å². The van der Waals surface area contributed by atoms with Gasteiger partial charge in [-0.15, -0.1) is 0 Å². The number of hydrogen-bond donors (Lipinski definition) is 1. The van der Waals surface area contributed by atoms with Crippen molar-refractivity contribution in [1.82, 2.24) is 10.2 Å². The molecule has 0 radical (unpaired) electrons. The Morgan fingerprint density at radius 1 is 0.970 bits per heavy atom. The van der Waals surface area contributed by atoms with Crippen LogP contribution >= 0.6 is 0 Å². The normalized spacial score (nSPS) is 22.2. The molecule has 0 aromatic heterocycles. The van der Waals surface area contributed by atoms with Crippen molar-refractivity contribution in [1.29, 1.82) is 0 Å². The van der Waals surface area contributed by atoms with Gasteiger partial charge in [-0.05, 0) is 62.2 Å². The summed E-state index contributed by atoms with van der Waals surface area (Å²) in [6.07, 6.45) is 0.640. The van der Waals surface area contributed by atoms with Crippen molar-refractivity contribution in [2.45, 2.75) is 39.0 Å². The van der Waals surface area contributed by atoms with E-state index in [2.05, 4.69) is 5.32 Å². The second-order valence-electron chi connectivity index (χ2n) is 8.64. The summed E-state index contributed by atoms with van der Waals surface area (Å²) in [6, 6.07) is 13.8. The highest BCUT2D eigenvalue weighted by molar-refractivity contribution is 7.93. The minimum atomic E-state index is -3.24. The van der Waals surface area contributed by atoms with Crippen LogP contribution in [-0.2, 0) is 21.3 Å². The number of benzene rings is 2. The monoisotopic (exact) mass is 471 g/mol. The van der Waals surface area contributed by atoms with Crippen LogP contribution in [0.5, 0.6) is 0 Å². The molecule has 2 amide bonds. The van der Waals surface area contributed by atoms with Crippen molar-refractivity contribution < 1.29 is 22.7 Å². The first-order chi connectivity index (χ1) is 15.7. The van der Waals surface area contributed by atoms with Gasteiger partial charge in [-0.2, -0.15) is 0 Å². The Balaban J connectivity index is 1.33. The van der Waals surface area contributed by atoms with E-state index in [4.69, 9.17) is 4.74 Å².